The smallest absolute Gasteiger partial charge is 0.128 e. The average Bonchev–Trinajstić information content (AvgIpc) is 2.46. The van der Waals surface area contributed by atoms with E-state index in [1.807, 2.05) is 0 Å². The van der Waals surface area contributed by atoms with E-state index in [0.29, 0.717) is 12.4 Å². The molecule has 20 heavy (non-hydrogen) atoms. The Kier molecular flexibility index (Phi) is 3.06. The molecule has 102 valence electrons. The predicted octanol–water partition coefficient (Wildman–Crippen LogP) is 2.56. The van der Waals surface area contributed by atoms with Crippen LogP contribution >= 0.6 is 0 Å². The topological polar surface area (TPSA) is 66.8 Å². The zero-order valence-corrected chi connectivity index (χ0v) is 10.7. The number of hydrogen-bond donors (Lipinski definition) is 2. The lowest BCUT2D eigenvalue weighted by Gasteiger charge is -2.30. The van der Waals surface area contributed by atoms with Gasteiger partial charge in [0.05, 0.1) is 12.5 Å². The van der Waals surface area contributed by atoms with Gasteiger partial charge in [-0.1, -0.05) is 18.2 Å². The Balaban J connectivity index is 2.00. The monoisotopic (exact) mass is 270 g/mol. The first kappa shape index (κ1) is 12.5. The molecular weight excluding hydrogens is 256 g/mol. The Bertz CT molecular complexity index is 633. The maximum absolute atomic E-state index is 11.5. The SMILES string of the molecule is O=CC1c2ccc(O)cc2OCC1c1ccc(O)cc1. The lowest BCUT2D eigenvalue weighted by atomic mass is 9.81. The highest BCUT2D eigenvalue weighted by Crippen LogP contribution is 2.42. The summed E-state index contributed by atoms with van der Waals surface area (Å²) in [4.78, 5) is 11.5. The Labute approximate surface area is 116 Å². The number of phenols is 2. The summed E-state index contributed by atoms with van der Waals surface area (Å²) < 4.78 is 5.65. The van der Waals surface area contributed by atoms with Crippen molar-refractivity contribution in [2.24, 2.45) is 0 Å². The molecule has 2 unspecified atom stereocenters. The minimum atomic E-state index is -0.316. The number of carbonyl (C=O) groups excluding carboxylic acids is 1. The van der Waals surface area contributed by atoms with E-state index in [9.17, 15) is 15.0 Å². The molecule has 0 bridgehead atoms. The van der Waals surface area contributed by atoms with Crippen LogP contribution in [0.2, 0.25) is 0 Å². The highest BCUT2D eigenvalue weighted by Gasteiger charge is 2.32. The molecule has 1 heterocycles. The van der Waals surface area contributed by atoms with Crippen molar-refractivity contribution in [2.45, 2.75) is 11.8 Å². The third kappa shape index (κ3) is 2.09. The molecule has 0 aliphatic carbocycles. The van der Waals surface area contributed by atoms with Crippen LogP contribution in [-0.2, 0) is 4.79 Å². The summed E-state index contributed by atoms with van der Waals surface area (Å²) in [5.41, 5.74) is 1.72. The van der Waals surface area contributed by atoms with Gasteiger partial charge in [-0.3, -0.25) is 0 Å². The fourth-order valence-electron chi connectivity index (χ4n) is 2.62. The first-order valence-electron chi connectivity index (χ1n) is 6.39. The van der Waals surface area contributed by atoms with E-state index in [0.717, 1.165) is 17.4 Å². The summed E-state index contributed by atoms with van der Waals surface area (Å²) in [7, 11) is 0. The van der Waals surface area contributed by atoms with Gasteiger partial charge in [-0.2, -0.15) is 0 Å². The van der Waals surface area contributed by atoms with Crippen LogP contribution in [0.5, 0.6) is 17.2 Å². The van der Waals surface area contributed by atoms with E-state index in [4.69, 9.17) is 4.74 Å². The summed E-state index contributed by atoms with van der Waals surface area (Å²) in [5, 5.41) is 18.8. The van der Waals surface area contributed by atoms with Crippen molar-refractivity contribution in [3.63, 3.8) is 0 Å². The zero-order valence-electron chi connectivity index (χ0n) is 10.7. The van der Waals surface area contributed by atoms with Gasteiger partial charge >= 0.3 is 0 Å². The molecule has 0 saturated carbocycles. The van der Waals surface area contributed by atoms with Gasteiger partial charge in [0.1, 0.15) is 23.5 Å². The maximum atomic E-state index is 11.5. The molecule has 4 nitrogen and oxygen atoms in total. The van der Waals surface area contributed by atoms with E-state index in [1.54, 1.807) is 36.4 Å². The lowest BCUT2D eigenvalue weighted by molar-refractivity contribution is -0.110. The van der Waals surface area contributed by atoms with Crippen LogP contribution in [0.3, 0.4) is 0 Å². The van der Waals surface area contributed by atoms with Crippen LogP contribution < -0.4 is 4.74 Å². The highest BCUT2D eigenvalue weighted by atomic mass is 16.5. The van der Waals surface area contributed by atoms with Gasteiger partial charge in [0, 0.05) is 17.5 Å². The second-order valence-electron chi connectivity index (χ2n) is 4.89. The van der Waals surface area contributed by atoms with E-state index < -0.39 is 0 Å². The Morgan fingerprint density at radius 1 is 1.05 bits per heavy atom. The number of rotatable bonds is 2. The molecule has 2 N–H and O–H groups in total. The first-order valence-corrected chi connectivity index (χ1v) is 6.39. The molecular formula is C16H14O4. The first-order chi connectivity index (χ1) is 9.69. The normalized spacial score (nSPS) is 20.8. The van der Waals surface area contributed by atoms with Crippen LogP contribution in [0.25, 0.3) is 0 Å². The van der Waals surface area contributed by atoms with Gasteiger partial charge in [0.2, 0.25) is 0 Å². The van der Waals surface area contributed by atoms with Crippen molar-refractivity contribution >= 4 is 6.29 Å². The van der Waals surface area contributed by atoms with Gasteiger partial charge in [-0.25, -0.2) is 0 Å². The highest BCUT2D eigenvalue weighted by molar-refractivity contribution is 5.68. The number of fused-ring (bicyclic) bond motifs is 1. The fourth-order valence-corrected chi connectivity index (χ4v) is 2.62. The Hall–Kier alpha value is -2.49. The van der Waals surface area contributed by atoms with Crippen LogP contribution in [-0.4, -0.2) is 23.1 Å². The maximum Gasteiger partial charge on any atom is 0.128 e. The average molecular weight is 270 g/mol. The second-order valence-corrected chi connectivity index (χ2v) is 4.89. The van der Waals surface area contributed by atoms with Crippen LogP contribution in [0.1, 0.15) is 23.0 Å². The molecule has 0 fully saturated rings. The Morgan fingerprint density at radius 2 is 1.75 bits per heavy atom. The van der Waals surface area contributed by atoms with E-state index in [1.165, 1.54) is 6.07 Å². The Morgan fingerprint density at radius 3 is 2.45 bits per heavy atom. The van der Waals surface area contributed by atoms with Crippen molar-refractivity contribution in [1.29, 1.82) is 0 Å². The van der Waals surface area contributed by atoms with Gasteiger partial charge in [-0.15, -0.1) is 0 Å². The van der Waals surface area contributed by atoms with Crippen LogP contribution in [0, 0.1) is 0 Å². The fraction of sp³-hybridized carbons (Fsp3) is 0.188. The number of aromatic hydroxyl groups is 2. The quantitative estimate of drug-likeness (QED) is 0.823. The molecule has 0 aromatic heterocycles. The van der Waals surface area contributed by atoms with Crippen molar-refractivity contribution < 1.29 is 19.7 Å². The van der Waals surface area contributed by atoms with Gasteiger partial charge in [0.25, 0.3) is 0 Å². The molecule has 0 amide bonds. The molecule has 2 aromatic rings. The third-order valence-electron chi connectivity index (χ3n) is 3.68. The molecule has 4 heteroatoms. The largest absolute Gasteiger partial charge is 0.508 e. The van der Waals surface area contributed by atoms with E-state index in [-0.39, 0.29) is 23.3 Å². The predicted molar refractivity (Wildman–Crippen MR) is 73.3 cm³/mol. The molecule has 1 aliphatic heterocycles. The number of phenolic OH excluding ortho intramolecular Hbond substituents is 2. The van der Waals surface area contributed by atoms with Crippen molar-refractivity contribution in [3.8, 4) is 17.2 Å². The van der Waals surface area contributed by atoms with Crippen molar-refractivity contribution in [3.05, 3.63) is 53.6 Å². The van der Waals surface area contributed by atoms with E-state index >= 15 is 0 Å². The summed E-state index contributed by atoms with van der Waals surface area (Å²) in [5.74, 6) is 0.459. The minimum Gasteiger partial charge on any atom is -0.508 e. The number of benzene rings is 2. The number of hydrogen-bond acceptors (Lipinski definition) is 4. The van der Waals surface area contributed by atoms with Crippen molar-refractivity contribution in [1.82, 2.24) is 0 Å². The van der Waals surface area contributed by atoms with Crippen LogP contribution in [0.4, 0.5) is 0 Å². The second kappa shape index (κ2) is 4.89. The molecule has 0 saturated heterocycles. The molecule has 0 radical (unpaired) electrons. The lowest BCUT2D eigenvalue weighted by Crippen LogP contribution is -2.25. The number of ether oxygens (including phenoxy) is 1. The van der Waals surface area contributed by atoms with Gasteiger partial charge in [0.15, 0.2) is 0 Å². The van der Waals surface area contributed by atoms with E-state index in [2.05, 4.69) is 0 Å². The minimum absolute atomic E-state index is 0.0925. The molecule has 3 rings (SSSR count). The summed E-state index contributed by atoms with van der Waals surface area (Å²) in [6.45, 7) is 0.366. The van der Waals surface area contributed by atoms with Crippen LogP contribution in [0.15, 0.2) is 42.5 Å². The van der Waals surface area contributed by atoms with Gasteiger partial charge in [-0.05, 0) is 23.8 Å². The van der Waals surface area contributed by atoms with Crippen molar-refractivity contribution in [2.75, 3.05) is 6.61 Å². The third-order valence-corrected chi connectivity index (χ3v) is 3.68. The molecule has 0 spiro atoms. The standard InChI is InChI=1S/C16H14O4/c17-8-14-13-6-5-12(19)7-16(13)20-9-15(14)10-1-3-11(18)4-2-10/h1-8,14-15,18-19H,9H2. The zero-order chi connectivity index (χ0) is 14.1. The number of aldehydes is 1. The molecule has 2 atom stereocenters. The molecule has 2 aromatic carbocycles. The van der Waals surface area contributed by atoms with Gasteiger partial charge < -0.3 is 19.7 Å². The summed E-state index contributed by atoms with van der Waals surface area (Å²) in [6.07, 6.45) is 0.913. The molecule has 1 aliphatic rings. The number of carbonyl (C=O) groups is 1. The summed E-state index contributed by atoms with van der Waals surface area (Å²) in [6, 6.07) is 11.6. The summed E-state index contributed by atoms with van der Waals surface area (Å²) >= 11 is 0.